The zero-order valence-corrected chi connectivity index (χ0v) is 17.1. The van der Waals surface area contributed by atoms with Crippen LogP contribution in [0.5, 0.6) is 5.75 Å². The van der Waals surface area contributed by atoms with E-state index in [2.05, 4.69) is 12.2 Å². The minimum Gasteiger partial charge on any atom is -0.463 e. The Hall–Kier alpha value is -2.45. The number of amides is 1. The predicted octanol–water partition coefficient (Wildman–Crippen LogP) is 2.33. The fourth-order valence-corrected chi connectivity index (χ4v) is 3.83. The molecule has 30 heavy (non-hydrogen) atoms. The number of ether oxygens (including phenoxy) is 4. The fourth-order valence-electron chi connectivity index (χ4n) is 3.83. The van der Waals surface area contributed by atoms with Gasteiger partial charge in [-0.2, -0.15) is 0 Å². The molecule has 2 heterocycles. The highest BCUT2D eigenvalue weighted by Gasteiger charge is 2.50. The number of fused-ring (bicyclic) bond motifs is 1. The first-order valence-electron chi connectivity index (χ1n) is 10.2. The number of aliphatic hydroxyl groups is 1. The number of hydrogen-bond donors (Lipinski definition) is 2. The standard InChI is InChI=1S/C23H27NO6/c1-3-15-8-7-11-17(12-15)28-23-19(24-14(2)25)20(26)21-18(29-23)13-27-22(30-21)16-9-5-4-6-10-16/h4-12,18-23,26H,3,13H2,1-2H3,(H,24,25)/t18-,19-,20-,21-,22?,23-/m1/s1. The van der Waals surface area contributed by atoms with Crippen LogP contribution in [-0.4, -0.2) is 48.3 Å². The van der Waals surface area contributed by atoms with Crippen LogP contribution in [0.25, 0.3) is 0 Å². The van der Waals surface area contributed by atoms with E-state index in [1.54, 1.807) is 0 Å². The Morgan fingerprint density at radius 2 is 1.97 bits per heavy atom. The van der Waals surface area contributed by atoms with Gasteiger partial charge in [0.1, 0.15) is 30.1 Å². The summed E-state index contributed by atoms with van der Waals surface area (Å²) in [4.78, 5) is 11.8. The Morgan fingerprint density at radius 3 is 2.70 bits per heavy atom. The number of rotatable bonds is 5. The van der Waals surface area contributed by atoms with Crippen LogP contribution in [0.1, 0.15) is 31.3 Å². The van der Waals surface area contributed by atoms with E-state index in [1.165, 1.54) is 6.92 Å². The molecule has 2 saturated heterocycles. The molecule has 0 radical (unpaired) electrons. The molecule has 0 aliphatic carbocycles. The molecule has 2 aromatic carbocycles. The zero-order valence-electron chi connectivity index (χ0n) is 17.1. The van der Waals surface area contributed by atoms with Gasteiger partial charge in [-0.1, -0.05) is 49.4 Å². The normalized spacial score (nSPS) is 30.9. The van der Waals surface area contributed by atoms with Crippen molar-refractivity contribution in [2.45, 2.75) is 57.2 Å². The number of aliphatic hydroxyl groups excluding tert-OH is 1. The number of benzene rings is 2. The van der Waals surface area contributed by atoms with Crippen LogP contribution < -0.4 is 10.1 Å². The maximum Gasteiger partial charge on any atom is 0.223 e. The largest absolute Gasteiger partial charge is 0.463 e. The summed E-state index contributed by atoms with van der Waals surface area (Å²) in [5, 5.41) is 13.8. The quantitative estimate of drug-likeness (QED) is 0.783. The maximum absolute atomic E-state index is 11.8. The number of aryl methyl sites for hydroxylation is 1. The molecule has 2 fully saturated rings. The lowest BCUT2D eigenvalue weighted by Crippen LogP contribution is -2.67. The van der Waals surface area contributed by atoms with Crippen LogP contribution in [0.15, 0.2) is 54.6 Å². The highest BCUT2D eigenvalue weighted by atomic mass is 16.7. The molecule has 7 heteroatoms. The number of nitrogens with one attached hydrogen (secondary N) is 1. The molecule has 4 rings (SSSR count). The van der Waals surface area contributed by atoms with Gasteiger partial charge in [-0.15, -0.1) is 0 Å². The van der Waals surface area contributed by atoms with Gasteiger partial charge in [0.15, 0.2) is 6.29 Å². The van der Waals surface area contributed by atoms with Crippen molar-refractivity contribution in [3.05, 3.63) is 65.7 Å². The number of carbonyl (C=O) groups is 1. The fraction of sp³-hybridized carbons (Fsp3) is 0.435. The Balaban J connectivity index is 1.53. The SMILES string of the molecule is CCc1cccc(O[C@@H]2O[C@@H]3COC(c4ccccc4)O[C@H]3[C@H](O)[C@H]2NC(C)=O)c1. The molecular weight excluding hydrogens is 386 g/mol. The average Bonchev–Trinajstić information content (AvgIpc) is 2.77. The predicted molar refractivity (Wildman–Crippen MR) is 109 cm³/mol. The third kappa shape index (κ3) is 4.49. The summed E-state index contributed by atoms with van der Waals surface area (Å²) in [5.41, 5.74) is 1.97. The van der Waals surface area contributed by atoms with E-state index in [0.29, 0.717) is 5.75 Å². The van der Waals surface area contributed by atoms with Crippen LogP contribution in [0.4, 0.5) is 0 Å². The average molecular weight is 413 g/mol. The molecule has 2 N–H and O–H groups in total. The lowest BCUT2D eigenvalue weighted by atomic mass is 9.95. The van der Waals surface area contributed by atoms with E-state index in [-0.39, 0.29) is 12.5 Å². The van der Waals surface area contributed by atoms with Crippen LogP contribution >= 0.6 is 0 Å². The van der Waals surface area contributed by atoms with Gasteiger partial charge >= 0.3 is 0 Å². The van der Waals surface area contributed by atoms with E-state index >= 15 is 0 Å². The van der Waals surface area contributed by atoms with Crippen molar-refractivity contribution in [3.63, 3.8) is 0 Å². The minimum absolute atomic E-state index is 0.239. The van der Waals surface area contributed by atoms with Gasteiger partial charge in [-0.05, 0) is 24.1 Å². The molecule has 2 aromatic rings. The first kappa shape index (κ1) is 20.8. The van der Waals surface area contributed by atoms with Crippen LogP contribution in [-0.2, 0) is 25.4 Å². The van der Waals surface area contributed by atoms with E-state index in [4.69, 9.17) is 18.9 Å². The van der Waals surface area contributed by atoms with Gasteiger partial charge in [0.05, 0.1) is 6.61 Å². The Bertz CT molecular complexity index is 860. The van der Waals surface area contributed by atoms with Crippen molar-refractivity contribution in [1.82, 2.24) is 5.32 Å². The highest BCUT2D eigenvalue weighted by molar-refractivity contribution is 5.73. The summed E-state index contributed by atoms with van der Waals surface area (Å²) in [6.45, 7) is 3.69. The Kier molecular flexibility index (Phi) is 6.34. The molecule has 0 aromatic heterocycles. The van der Waals surface area contributed by atoms with Gasteiger partial charge in [0, 0.05) is 12.5 Å². The molecule has 1 unspecified atom stereocenters. The van der Waals surface area contributed by atoms with E-state index in [0.717, 1.165) is 17.5 Å². The maximum atomic E-state index is 11.8. The van der Waals surface area contributed by atoms with Crippen LogP contribution in [0, 0.1) is 0 Å². The van der Waals surface area contributed by atoms with Gasteiger partial charge in [0.25, 0.3) is 0 Å². The lowest BCUT2D eigenvalue weighted by Gasteiger charge is -2.47. The molecule has 160 valence electrons. The topological polar surface area (TPSA) is 86.2 Å². The first-order valence-corrected chi connectivity index (χ1v) is 10.2. The van der Waals surface area contributed by atoms with Crippen molar-refractivity contribution >= 4 is 5.91 Å². The van der Waals surface area contributed by atoms with Crippen LogP contribution in [0.3, 0.4) is 0 Å². The molecule has 2 aliphatic rings. The van der Waals surface area contributed by atoms with Crippen molar-refractivity contribution in [1.29, 1.82) is 0 Å². The molecule has 1 amide bonds. The molecule has 0 bridgehead atoms. The van der Waals surface area contributed by atoms with Crippen molar-refractivity contribution < 1.29 is 28.8 Å². The molecule has 6 atom stereocenters. The van der Waals surface area contributed by atoms with Crippen molar-refractivity contribution in [2.24, 2.45) is 0 Å². The Labute approximate surface area is 175 Å². The lowest BCUT2D eigenvalue weighted by molar-refractivity contribution is -0.333. The molecule has 0 spiro atoms. The van der Waals surface area contributed by atoms with E-state index in [9.17, 15) is 9.90 Å². The van der Waals surface area contributed by atoms with Gasteiger partial charge in [-0.3, -0.25) is 4.79 Å². The van der Waals surface area contributed by atoms with E-state index < -0.39 is 36.9 Å². The molecule has 7 nitrogen and oxygen atoms in total. The second-order valence-electron chi connectivity index (χ2n) is 7.56. The minimum atomic E-state index is -1.03. The second-order valence-corrected chi connectivity index (χ2v) is 7.56. The van der Waals surface area contributed by atoms with Gasteiger partial charge in [0.2, 0.25) is 12.2 Å². The third-order valence-corrected chi connectivity index (χ3v) is 5.37. The Morgan fingerprint density at radius 1 is 1.17 bits per heavy atom. The summed E-state index contributed by atoms with van der Waals surface area (Å²) in [7, 11) is 0. The van der Waals surface area contributed by atoms with Gasteiger partial charge in [-0.25, -0.2) is 0 Å². The monoisotopic (exact) mass is 413 g/mol. The number of carbonyl (C=O) groups excluding carboxylic acids is 1. The van der Waals surface area contributed by atoms with Crippen molar-refractivity contribution in [3.8, 4) is 5.75 Å². The smallest absolute Gasteiger partial charge is 0.223 e. The summed E-state index contributed by atoms with van der Waals surface area (Å²) < 4.78 is 24.0. The summed E-state index contributed by atoms with van der Waals surface area (Å²) in [5.74, 6) is 0.323. The first-order chi connectivity index (χ1) is 14.5. The van der Waals surface area contributed by atoms with Crippen LogP contribution in [0.2, 0.25) is 0 Å². The molecule has 0 saturated carbocycles. The third-order valence-electron chi connectivity index (χ3n) is 5.37. The number of hydrogen-bond acceptors (Lipinski definition) is 6. The van der Waals surface area contributed by atoms with Crippen molar-refractivity contribution in [2.75, 3.05) is 6.61 Å². The highest BCUT2D eigenvalue weighted by Crippen LogP contribution is 2.34. The summed E-state index contributed by atoms with van der Waals surface area (Å²) in [6, 6.07) is 16.4. The summed E-state index contributed by atoms with van der Waals surface area (Å²) >= 11 is 0. The molecule has 2 aliphatic heterocycles. The zero-order chi connectivity index (χ0) is 21.1. The van der Waals surface area contributed by atoms with E-state index in [1.807, 2.05) is 54.6 Å². The second kappa shape index (κ2) is 9.14. The summed E-state index contributed by atoms with van der Waals surface area (Å²) in [6.07, 6.45) is -2.83. The molecular formula is C23H27NO6. The van der Waals surface area contributed by atoms with Gasteiger partial charge < -0.3 is 29.4 Å².